The van der Waals surface area contributed by atoms with E-state index in [1.54, 1.807) is 19.1 Å². The van der Waals surface area contributed by atoms with Gasteiger partial charge >= 0.3 is 0 Å². The van der Waals surface area contributed by atoms with Crippen molar-refractivity contribution in [1.29, 1.82) is 0 Å². The molecule has 2 aromatic rings. The quantitative estimate of drug-likeness (QED) is 0.402. The highest BCUT2D eigenvalue weighted by Crippen LogP contribution is 2.37. The highest BCUT2D eigenvalue weighted by atomic mass is 79.9. The zero-order valence-corrected chi connectivity index (χ0v) is 13.9. The SMILES string of the molecule is Cc1cc(C)c([N+](=O)[O-])cc1Oc1c(Cl)cccc1CBr. The smallest absolute Gasteiger partial charge is 0.276 e. The fourth-order valence-electron chi connectivity index (χ4n) is 2.01. The summed E-state index contributed by atoms with van der Waals surface area (Å²) in [7, 11) is 0. The van der Waals surface area contributed by atoms with Gasteiger partial charge in [0.15, 0.2) is 0 Å². The second-order valence-corrected chi connectivity index (χ2v) is 5.59. The lowest BCUT2D eigenvalue weighted by atomic mass is 10.1. The number of alkyl halides is 1. The van der Waals surface area contributed by atoms with Crippen LogP contribution in [0.25, 0.3) is 0 Å². The number of hydrogen-bond donors (Lipinski definition) is 0. The molecule has 0 saturated carbocycles. The molecule has 0 amide bonds. The fraction of sp³-hybridized carbons (Fsp3) is 0.200. The summed E-state index contributed by atoms with van der Waals surface area (Å²) in [6, 6.07) is 8.61. The monoisotopic (exact) mass is 369 g/mol. The van der Waals surface area contributed by atoms with E-state index in [1.165, 1.54) is 6.07 Å². The first-order valence-corrected chi connectivity index (χ1v) is 7.70. The molecule has 0 radical (unpaired) electrons. The molecular formula is C15H13BrClNO3. The molecule has 0 aromatic heterocycles. The molecule has 2 aromatic carbocycles. The molecule has 0 bridgehead atoms. The molecule has 0 unspecified atom stereocenters. The topological polar surface area (TPSA) is 52.4 Å². The van der Waals surface area contributed by atoms with E-state index in [0.717, 1.165) is 11.1 Å². The molecule has 0 fully saturated rings. The molecule has 0 heterocycles. The Morgan fingerprint density at radius 1 is 1.29 bits per heavy atom. The Bertz CT molecular complexity index is 704. The maximum Gasteiger partial charge on any atom is 0.276 e. The third-order valence-electron chi connectivity index (χ3n) is 3.09. The van der Waals surface area contributed by atoms with Crippen LogP contribution >= 0.6 is 27.5 Å². The average Bonchev–Trinajstić information content (AvgIpc) is 2.43. The van der Waals surface area contributed by atoms with Gasteiger partial charge in [-0.25, -0.2) is 0 Å². The van der Waals surface area contributed by atoms with Gasteiger partial charge in [-0.3, -0.25) is 10.1 Å². The number of rotatable bonds is 4. The molecule has 0 aliphatic carbocycles. The summed E-state index contributed by atoms with van der Waals surface area (Å²) in [6.45, 7) is 3.55. The molecule has 21 heavy (non-hydrogen) atoms. The lowest BCUT2D eigenvalue weighted by Crippen LogP contribution is -1.97. The predicted octanol–water partition coefficient (Wildman–Crippen LogP) is 5.55. The van der Waals surface area contributed by atoms with E-state index in [0.29, 0.717) is 27.4 Å². The van der Waals surface area contributed by atoms with E-state index in [4.69, 9.17) is 16.3 Å². The molecule has 0 atom stereocenters. The van der Waals surface area contributed by atoms with E-state index in [-0.39, 0.29) is 5.69 Å². The number of ether oxygens (including phenoxy) is 1. The number of aryl methyl sites for hydroxylation is 2. The Balaban J connectivity index is 2.50. The highest BCUT2D eigenvalue weighted by molar-refractivity contribution is 9.08. The van der Waals surface area contributed by atoms with Crippen LogP contribution in [0.1, 0.15) is 16.7 Å². The zero-order valence-electron chi connectivity index (χ0n) is 11.5. The van der Waals surface area contributed by atoms with Crippen LogP contribution in [0.4, 0.5) is 5.69 Å². The van der Waals surface area contributed by atoms with Crippen LogP contribution in [0.5, 0.6) is 11.5 Å². The molecule has 0 spiro atoms. The number of halogens is 2. The minimum absolute atomic E-state index is 0.0306. The van der Waals surface area contributed by atoms with E-state index < -0.39 is 4.92 Å². The molecular weight excluding hydrogens is 358 g/mol. The van der Waals surface area contributed by atoms with Crippen molar-refractivity contribution in [3.8, 4) is 11.5 Å². The van der Waals surface area contributed by atoms with Crippen LogP contribution in [0.3, 0.4) is 0 Å². The van der Waals surface area contributed by atoms with Gasteiger partial charge in [0.05, 0.1) is 16.0 Å². The summed E-state index contributed by atoms with van der Waals surface area (Å²) < 4.78 is 5.84. The predicted molar refractivity (Wildman–Crippen MR) is 86.7 cm³/mol. The summed E-state index contributed by atoms with van der Waals surface area (Å²) >= 11 is 9.54. The van der Waals surface area contributed by atoms with Gasteiger partial charge in [0, 0.05) is 16.5 Å². The van der Waals surface area contributed by atoms with Gasteiger partial charge in [-0.2, -0.15) is 0 Å². The lowest BCUT2D eigenvalue weighted by Gasteiger charge is -2.13. The van der Waals surface area contributed by atoms with Crippen molar-refractivity contribution in [1.82, 2.24) is 0 Å². The Morgan fingerprint density at radius 2 is 2.00 bits per heavy atom. The summed E-state index contributed by atoms with van der Waals surface area (Å²) in [5.74, 6) is 0.944. The maximum atomic E-state index is 11.0. The molecule has 0 N–H and O–H groups in total. The molecule has 0 aliphatic rings. The average molecular weight is 371 g/mol. The summed E-state index contributed by atoms with van der Waals surface area (Å²) in [6.07, 6.45) is 0. The van der Waals surface area contributed by atoms with Crippen molar-refractivity contribution in [3.05, 3.63) is 62.2 Å². The number of nitro groups is 1. The Morgan fingerprint density at radius 3 is 2.62 bits per heavy atom. The normalized spacial score (nSPS) is 10.5. The second kappa shape index (κ2) is 6.45. The van der Waals surface area contributed by atoms with Gasteiger partial charge in [-0.15, -0.1) is 0 Å². The maximum absolute atomic E-state index is 11.0. The molecule has 110 valence electrons. The van der Waals surface area contributed by atoms with E-state index in [9.17, 15) is 10.1 Å². The first-order chi connectivity index (χ1) is 9.93. The number of para-hydroxylation sites is 1. The number of benzene rings is 2. The highest BCUT2D eigenvalue weighted by Gasteiger charge is 2.17. The molecule has 4 nitrogen and oxygen atoms in total. The summed E-state index contributed by atoms with van der Waals surface area (Å²) in [5.41, 5.74) is 2.33. The Labute approximate surface area is 136 Å². The van der Waals surface area contributed by atoms with Gasteiger partial charge in [0.25, 0.3) is 5.69 Å². The van der Waals surface area contributed by atoms with E-state index in [1.807, 2.05) is 19.1 Å². The largest absolute Gasteiger partial charge is 0.455 e. The van der Waals surface area contributed by atoms with Crippen LogP contribution < -0.4 is 4.74 Å². The van der Waals surface area contributed by atoms with Crippen molar-refractivity contribution in [2.45, 2.75) is 19.2 Å². The van der Waals surface area contributed by atoms with Gasteiger partial charge in [-0.1, -0.05) is 39.7 Å². The van der Waals surface area contributed by atoms with Crippen LogP contribution in [0.2, 0.25) is 5.02 Å². The summed E-state index contributed by atoms with van der Waals surface area (Å²) in [5, 5.41) is 12.1. The van der Waals surface area contributed by atoms with Gasteiger partial charge in [0.1, 0.15) is 11.5 Å². The second-order valence-electron chi connectivity index (χ2n) is 4.63. The Hall–Kier alpha value is -1.59. The van der Waals surface area contributed by atoms with Crippen LogP contribution in [0, 0.1) is 24.0 Å². The van der Waals surface area contributed by atoms with Gasteiger partial charge < -0.3 is 4.74 Å². The van der Waals surface area contributed by atoms with Crippen LogP contribution in [0.15, 0.2) is 30.3 Å². The fourth-order valence-corrected chi connectivity index (χ4v) is 2.69. The van der Waals surface area contributed by atoms with Crippen molar-refractivity contribution in [2.24, 2.45) is 0 Å². The first kappa shape index (κ1) is 15.8. The first-order valence-electron chi connectivity index (χ1n) is 6.21. The minimum Gasteiger partial charge on any atom is -0.455 e. The van der Waals surface area contributed by atoms with Gasteiger partial charge in [0.2, 0.25) is 0 Å². The third-order valence-corrected chi connectivity index (χ3v) is 4.00. The standard InChI is InChI=1S/C15H13BrClNO3/c1-9-6-10(2)14(7-13(9)18(19)20)21-15-11(8-16)4-3-5-12(15)17/h3-7H,8H2,1-2H3. The van der Waals surface area contributed by atoms with E-state index >= 15 is 0 Å². The third kappa shape index (κ3) is 3.36. The van der Waals surface area contributed by atoms with Crippen molar-refractivity contribution in [2.75, 3.05) is 0 Å². The van der Waals surface area contributed by atoms with Crippen LogP contribution in [-0.4, -0.2) is 4.92 Å². The van der Waals surface area contributed by atoms with Crippen molar-refractivity contribution in [3.63, 3.8) is 0 Å². The van der Waals surface area contributed by atoms with Crippen molar-refractivity contribution < 1.29 is 9.66 Å². The Kier molecular flexibility index (Phi) is 4.85. The lowest BCUT2D eigenvalue weighted by molar-refractivity contribution is -0.385. The van der Waals surface area contributed by atoms with Gasteiger partial charge in [-0.05, 0) is 31.5 Å². The van der Waals surface area contributed by atoms with E-state index in [2.05, 4.69) is 15.9 Å². The number of nitro benzene ring substituents is 1. The minimum atomic E-state index is -0.417. The molecule has 2 rings (SSSR count). The summed E-state index contributed by atoms with van der Waals surface area (Å²) in [4.78, 5) is 10.6. The zero-order chi connectivity index (χ0) is 15.6. The number of nitrogens with zero attached hydrogens (tertiary/aromatic N) is 1. The van der Waals surface area contributed by atoms with Crippen molar-refractivity contribution >= 4 is 33.2 Å². The molecule has 0 saturated heterocycles. The molecule has 0 aliphatic heterocycles. The number of hydrogen-bond acceptors (Lipinski definition) is 3. The molecule has 6 heteroatoms. The van der Waals surface area contributed by atoms with Crippen LogP contribution in [-0.2, 0) is 5.33 Å².